The summed E-state index contributed by atoms with van der Waals surface area (Å²) in [5, 5.41) is 2.48. The van der Waals surface area contributed by atoms with Gasteiger partial charge in [-0.1, -0.05) is 59.6 Å². The summed E-state index contributed by atoms with van der Waals surface area (Å²) < 4.78 is 43.9. The number of nitrogens with zero attached hydrogens (tertiary/aromatic N) is 1. The first kappa shape index (κ1) is 28.8. The second-order valence-electron chi connectivity index (χ2n) is 8.67. The molecular formula is C27H26Cl2N2O7S. The fourth-order valence-corrected chi connectivity index (χ4v) is 6.23. The average molecular weight is 593 g/mol. The summed E-state index contributed by atoms with van der Waals surface area (Å²) in [4.78, 5) is 26.5. The first-order valence-corrected chi connectivity index (χ1v) is 14.1. The van der Waals surface area contributed by atoms with E-state index in [1.54, 1.807) is 42.5 Å². The summed E-state index contributed by atoms with van der Waals surface area (Å²) in [5.74, 6) is -1.23. The second-order valence-corrected chi connectivity index (χ2v) is 11.4. The van der Waals surface area contributed by atoms with E-state index in [1.165, 1.54) is 17.5 Å². The van der Waals surface area contributed by atoms with Crippen LogP contribution in [0.5, 0.6) is 5.75 Å². The van der Waals surface area contributed by atoms with Gasteiger partial charge in [0.15, 0.2) is 0 Å². The van der Waals surface area contributed by atoms with Crippen LogP contribution in [0, 0.1) is 6.92 Å². The Morgan fingerprint density at radius 3 is 2.36 bits per heavy atom. The zero-order chi connectivity index (χ0) is 28.2. The molecule has 12 heteroatoms. The lowest BCUT2D eigenvalue weighted by molar-refractivity contribution is -0.125. The van der Waals surface area contributed by atoms with Gasteiger partial charge in [-0.15, -0.1) is 0 Å². The molecule has 9 nitrogen and oxygen atoms in total. The molecule has 0 radical (unpaired) electrons. The van der Waals surface area contributed by atoms with E-state index in [9.17, 15) is 18.0 Å². The summed E-state index contributed by atoms with van der Waals surface area (Å²) in [6.07, 6.45) is -1.39. The van der Waals surface area contributed by atoms with E-state index in [-0.39, 0.29) is 46.8 Å². The quantitative estimate of drug-likeness (QED) is 0.371. The van der Waals surface area contributed by atoms with Crippen molar-refractivity contribution in [3.05, 3.63) is 87.4 Å². The summed E-state index contributed by atoms with van der Waals surface area (Å²) in [5.41, 5.74) is 1.40. The molecule has 1 aliphatic rings. The van der Waals surface area contributed by atoms with Crippen LogP contribution in [0.3, 0.4) is 0 Å². The molecule has 1 aliphatic heterocycles. The smallest absolute Gasteiger partial charge is 0.340 e. The van der Waals surface area contributed by atoms with Crippen molar-refractivity contribution in [1.82, 2.24) is 4.31 Å². The van der Waals surface area contributed by atoms with Crippen LogP contribution in [0.25, 0.3) is 0 Å². The van der Waals surface area contributed by atoms with Gasteiger partial charge >= 0.3 is 5.97 Å². The molecule has 0 aliphatic carbocycles. The topological polar surface area (TPSA) is 111 Å². The molecule has 3 aromatic carbocycles. The van der Waals surface area contributed by atoms with E-state index < -0.39 is 28.0 Å². The zero-order valence-corrected chi connectivity index (χ0v) is 23.5. The maximum atomic E-state index is 13.4. The van der Waals surface area contributed by atoms with Gasteiger partial charge in [-0.25, -0.2) is 13.2 Å². The van der Waals surface area contributed by atoms with Gasteiger partial charge in [0.05, 0.1) is 41.6 Å². The standard InChI is InChI=1S/C27H26Cl2N2O7S/c1-17-8-9-23(36-2)22(14-17)30-26(32)25(18-6-4-3-5-7-18)38-27(33)19-15-24(21(29)16-20(19)28)39(34,35)31-10-12-37-13-11-31/h3-9,14-16,25H,10-13H2,1-2H3,(H,30,32)/t25-/m1/s1. The Kier molecular flexibility index (Phi) is 9.14. The molecule has 39 heavy (non-hydrogen) atoms. The number of methoxy groups -OCH3 is 1. The van der Waals surface area contributed by atoms with E-state index in [4.69, 9.17) is 37.4 Å². The fraction of sp³-hybridized carbons (Fsp3) is 0.259. The van der Waals surface area contributed by atoms with Crippen molar-refractivity contribution in [3.63, 3.8) is 0 Å². The largest absolute Gasteiger partial charge is 0.495 e. The molecule has 1 fully saturated rings. The van der Waals surface area contributed by atoms with Crippen molar-refractivity contribution < 1.29 is 32.2 Å². The number of carbonyl (C=O) groups excluding carboxylic acids is 2. The predicted octanol–water partition coefficient (Wildman–Crippen LogP) is 4.87. The lowest BCUT2D eigenvalue weighted by Crippen LogP contribution is -2.40. The third kappa shape index (κ3) is 6.54. The highest BCUT2D eigenvalue weighted by molar-refractivity contribution is 7.89. The fourth-order valence-electron chi connectivity index (χ4n) is 4.00. The number of aryl methyl sites for hydroxylation is 1. The van der Waals surface area contributed by atoms with Crippen LogP contribution in [-0.4, -0.2) is 58.0 Å². The minimum atomic E-state index is -4.05. The number of benzene rings is 3. The molecule has 0 aromatic heterocycles. The number of morpholine rings is 1. The number of amides is 1. The van der Waals surface area contributed by atoms with Gasteiger partial charge in [0.1, 0.15) is 10.6 Å². The Hall–Kier alpha value is -3.15. The third-order valence-electron chi connectivity index (χ3n) is 6.01. The number of anilines is 1. The Balaban J connectivity index is 1.67. The second kappa shape index (κ2) is 12.4. The van der Waals surface area contributed by atoms with Gasteiger partial charge < -0.3 is 19.5 Å². The highest BCUT2D eigenvalue weighted by Gasteiger charge is 2.32. The van der Waals surface area contributed by atoms with Gasteiger partial charge in [-0.05, 0) is 36.8 Å². The molecule has 1 saturated heterocycles. The average Bonchev–Trinajstić information content (AvgIpc) is 2.92. The summed E-state index contributed by atoms with van der Waals surface area (Å²) >= 11 is 12.5. The highest BCUT2D eigenvalue weighted by Crippen LogP contribution is 2.33. The molecule has 1 atom stereocenters. The van der Waals surface area contributed by atoms with Crippen LogP contribution in [0.4, 0.5) is 5.69 Å². The zero-order valence-electron chi connectivity index (χ0n) is 21.1. The lowest BCUT2D eigenvalue weighted by Gasteiger charge is -2.26. The third-order valence-corrected chi connectivity index (χ3v) is 8.68. The summed E-state index contributed by atoms with van der Waals surface area (Å²) in [6, 6.07) is 15.9. The molecule has 4 rings (SSSR count). The van der Waals surface area contributed by atoms with E-state index in [0.717, 1.165) is 11.6 Å². The van der Waals surface area contributed by atoms with Crippen molar-refractivity contribution in [3.8, 4) is 5.75 Å². The van der Waals surface area contributed by atoms with E-state index >= 15 is 0 Å². The van der Waals surface area contributed by atoms with E-state index in [1.807, 2.05) is 13.0 Å². The number of nitrogens with one attached hydrogen (secondary N) is 1. The number of esters is 1. The van der Waals surface area contributed by atoms with Crippen LogP contribution in [0.15, 0.2) is 65.6 Å². The molecular weight excluding hydrogens is 567 g/mol. The minimum Gasteiger partial charge on any atom is -0.495 e. The van der Waals surface area contributed by atoms with Crippen LogP contribution in [-0.2, 0) is 24.3 Å². The van der Waals surface area contributed by atoms with Crippen LogP contribution < -0.4 is 10.1 Å². The van der Waals surface area contributed by atoms with Gasteiger partial charge in [0, 0.05) is 18.7 Å². The number of hydrogen-bond donors (Lipinski definition) is 1. The van der Waals surface area contributed by atoms with Crippen molar-refractivity contribution in [2.45, 2.75) is 17.9 Å². The monoisotopic (exact) mass is 592 g/mol. The Bertz CT molecular complexity index is 1480. The highest BCUT2D eigenvalue weighted by atomic mass is 35.5. The Morgan fingerprint density at radius 2 is 1.69 bits per heavy atom. The van der Waals surface area contributed by atoms with Crippen molar-refractivity contribution in [2.24, 2.45) is 0 Å². The molecule has 0 saturated carbocycles. The molecule has 1 heterocycles. The van der Waals surface area contributed by atoms with E-state index in [0.29, 0.717) is 17.0 Å². The van der Waals surface area contributed by atoms with Crippen LogP contribution in [0.1, 0.15) is 27.6 Å². The van der Waals surface area contributed by atoms with E-state index in [2.05, 4.69) is 5.32 Å². The first-order chi connectivity index (χ1) is 18.6. The summed E-state index contributed by atoms with van der Waals surface area (Å²) in [6.45, 7) is 2.60. The first-order valence-electron chi connectivity index (χ1n) is 11.9. The molecule has 3 aromatic rings. The SMILES string of the molecule is COc1ccc(C)cc1NC(=O)[C@H](OC(=O)c1cc(S(=O)(=O)N2CCOCC2)c(Cl)cc1Cl)c1ccccc1. The molecule has 1 N–H and O–H groups in total. The Labute approximate surface area is 236 Å². The molecule has 0 unspecified atom stereocenters. The van der Waals surface area contributed by atoms with Gasteiger partial charge in [0.2, 0.25) is 16.1 Å². The predicted molar refractivity (Wildman–Crippen MR) is 147 cm³/mol. The van der Waals surface area contributed by atoms with Gasteiger partial charge in [-0.3, -0.25) is 4.79 Å². The molecule has 0 spiro atoms. The number of halogens is 2. The van der Waals surface area contributed by atoms with Crippen LogP contribution >= 0.6 is 23.2 Å². The van der Waals surface area contributed by atoms with Gasteiger partial charge in [-0.2, -0.15) is 4.31 Å². The maximum absolute atomic E-state index is 13.4. The van der Waals surface area contributed by atoms with Crippen molar-refractivity contribution >= 4 is 50.8 Å². The number of hydrogen-bond acceptors (Lipinski definition) is 7. The number of sulfonamides is 1. The van der Waals surface area contributed by atoms with Crippen molar-refractivity contribution in [1.29, 1.82) is 0 Å². The number of ether oxygens (including phenoxy) is 3. The molecule has 1 amide bonds. The number of carbonyl (C=O) groups is 2. The Morgan fingerprint density at radius 1 is 1.00 bits per heavy atom. The normalized spacial score (nSPS) is 14.9. The molecule has 0 bridgehead atoms. The van der Waals surface area contributed by atoms with Crippen molar-refractivity contribution in [2.75, 3.05) is 38.7 Å². The number of rotatable bonds is 8. The maximum Gasteiger partial charge on any atom is 0.340 e. The minimum absolute atomic E-state index is 0.126. The van der Waals surface area contributed by atoms with Gasteiger partial charge in [0.25, 0.3) is 5.91 Å². The molecule has 206 valence electrons. The lowest BCUT2D eigenvalue weighted by atomic mass is 10.1. The summed E-state index contributed by atoms with van der Waals surface area (Å²) in [7, 11) is -2.58. The van der Waals surface area contributed by atoms with Crippen LogP contribution in [0.2, 0.25) is 10.0 Å².